The standard InChI is InChI=1S/C23H34FO5P/c1-15-10-16(6-7-20(15)24)18-12-22(2,3)14-23(4,5)19(18)8-9-30(28,29)13-17(25)11-21(26)27/h6-7,10,17,25H,8-9,11-14H2,1-5H3,(H,26,27)(H,28,29)/t17-/m0/s1. The molecule has 2 rings (SSSR count). The van der Waals surface area contributed by atoms with Crippen LogP contribution in [-0.2, 0) is 9.36 Å². The van der Waals surface area contributed by atoms with Crippen LogP contribution < -0.4 is 0 Å². The lowest BCUT2D eigenvalue weighted by atomic mass is 9.61. The van der Waals surface area contributed by atoms with Crippen molar-refractivity contribution >= 4 is 18.9 Å². The van der Waals surface area contributed by atoms with Gasteiger partial charge in [0, 0.05) is 6.16 Å². The van der Waals surface area contributed by atoms with Crippen LogP contribution in [0, 0.1) is 23.6 Å². The molecule has 0 heterocycles. The number of allylic oxidation sites excluding steroid dienone is 2. The van der Waals surface area contributed by atoms with Gasteiger partial charge in [-0.05, 0) is 65.8 Å². The summed E-state index contributed by atoms with van der Waals surface area (Å²) in [5, 5.41) is 18.6. The molecule has 5 nitrogen and oxygen atoms in total. The predicted molar refractivity (Wildman–Crippen MR) is 117 cm³/mol. The Kier molecular flexibility index (Phi) is 7.38. The number of halogens is 1. The third kappa shape index (κ3) is 6.50. The highest BCUT2D eigenvalue weighted by molar-refractivity contribution is 7.58. The highest BCUT2D eigenvalue weighted by Crippen LogP contribution is 2.54. The van der Waals surface area contributed by atoms with Crippen LogP contribution in [0.4, 0.5) is 4.39 Å². The van der Waals surface area contributed by atoms with Gasteiger partial charge in [0.2, 0.25) is 7.37 Å². The average molecular weight is 440 g/mol. The Morgan fingerprint density at radius 3 is 2.47 bits per heavy atom. The number of aliphatic carboxylic acids is 1. The molecule has 0 aliphatic heterocycles. The van der Waals surface area contributed by atoms with E-state index in [0.29, 0.717) is 12.0 Å². The van der Waals surface area contributed by atoms with Crippen LogP contribution in [0.3, 0.4) is 0 Å². The molecule has 0 radical (unpaired) electrons. The second-order valence-electron chi connectivity index (χ2n) is 10.1. The van der Waals surface area contributed by atoms with Crippen molar-refractivity contribution in [3.05, 3.63) is 40.7 Å². The van der Waals surface area contributed by atoms with Crippen molar-refractivity contribution in [2.75, 3.05) is 12.3 Å². The molecule has 1 aromatic rings. The highest BCUT2D eigenvalue weighted by atomic mass is 31.2. The molecule has 0 saturated heterocycles. The number of carbonyl (C=O) groups is 1. The minimum atomic E-state index is -3.70. The summed E-state index contributed by atoms with van der Waals surface area (Å²) in [6.45, 7) is 10.4. The first-order valence-corrected chi connectivity index (χ1v) is 12.3. The van der Waals surface area contributed by atoms with E-state index < -0.39 is 32.0 Å². The normalized spacial score (nSPS) is 21.2. The van der Waals surface area contributed by atoms with Crippen LogP contribution >= 0.6 is 7.37 Å². The van der Waals surface area contributed by atoms with Gasteiger partial charge in [0.25, 0.3) is 0 Å². The van der Waals surface area contributed by atoms with Crippen molar-refractivity contribution in [2.45, 2.75) is 66.4 Å². The van der Waals surface area contributed by atoms with E-state index in [1.54, 1.807) is 13.0 Å². The first-order valence-electron chi connectivity index (χ1n) is 10.3. The van der Waals surface area contributed by atoms with E-state index in [0.717, 1.165) is 29.6 Å². The van der Waals surface area contributed by atoms with E-state index in [2.05, 4.69) is 27.7 Å². The summed E-state index contributed by atoms with van der Waals surface area (Å²) in [6, 6.07) is 5.06. The molecule has 30 heavy (non-hydrogen) atoms. The maximum atomic E-state index is 13.8. The number of aliphatic hydroxyl groups is 1. The number of rotatable bonds is 8. The summed E-state index contributed by atoms with van der Waals surface area (Å²) in [7, 11) is -3.70. The average Bonchev–Trinajstić information content (AvgIpc) is 2.52. The van der Waals surface area contributed by atoms with Crippen LogP contribution in [0.2, 0.25) is 0 Å². The van der Waals surface area contributed by atoms with E-state index in [1.165, 1.54) is 6.07 Å². The van der Waals surface area contributed by atoms with Gasteiger partial charge in [0.15, 0.2) is 0 Å². The molecule has 0 saturated carbocycles. The minimum absolute atomic E-state index is 0.0213. The Labute approximate surface area is 178 Å². The zero-order valence-corrected chi connectivity index (χ0v) is 19.4. The Hall–Kier alpha value is -1.49. The van der Waals surface area contributed by atoms with Gasteiger partial charge in [-0.1, -0.05) is 39.3 Å². The van der Waals surface area contributed by atoms with Gasteiger partial charge in [-0.3, -0.25) is 9.36 Å². The second-order valence-corrected chi connectivity index (χ2v) is 12.6. The number of carboxylic acid groups (broad SMARTS) is 1. The van der Waals surface area contributed by atoms with Crippen molar-refractivity contribution in [1.82, 2.24) is 0 Å². The maximum Gasteiger partial charge on any atom is 0.305 e. The lowest BCUT2D eigenvalue weighted by Gasteiger charge is -2.44. The van der Waals surface area contributed by atoms with Crippen molar-refractivity contribution in [2.24, 2.45) is 10.8 Å². The predicted octanol–water partition coefficient (Wildman–Crippen LogP) is 5.23. The third-order valence-corrected chi connectivity index (χ3v) is 7.80. The summed E-state index contributed by atoms with van der Waals surface area (Å²) >= 11 is 0. The van der Waals surface area contributed by atoms with E-state index in [4.69, 9.17) is 5.11 Å². The van der Waals surface area contributed by atoms with E-state index >= 15 is 0 Å². The maximum absolute atomic E-state index is 13.8. The number of hydrogen-bond acceptors (Lipinski definition) is 3. The molecule has 168 valence electrons. The van der Waals surface area contributed by atoms with Crippen molar-refractivity contribution in [3.8, 4) is 0 Å². The molecule has 1 aliphatic carbocycles. The van der Waals surface area contributed by atoms with Gasteiger partial charge in [-0.15, -0.1) is 0 Å². The molecular formula is C23H34FO5P. The Morgan fingerprint density at radius 1 is 1.27 bits per heavy atom. The zero-order valence-electron chi connectivity index (χ0n) is 18.5. The molecule has 3 N–H and O–H groups in total. The second kappa shape index (κ2) is 8.94. The molecule has 0 bridgehead atoms. The van der Waals surface area contributed by atoms with E-state index in [-0.39, 0.29) is 22.8 Å². The first kappa shape index (κ1) is 24.8. The van der Waals surface area contributed by atoms with Crippen molar-refractivity contribution in [3.63, 3.8) is 0 Å². The van der Waals surface area contributed by atoms with Crippen LogP contribution in [-0.4, -0.2) is 39.5 Å². The first-order chi connectivity index (χ1) is 13.6. The number of hydrogen-bond donors (Lipinski definition) is 3. The van der Waals surface area contributed by atoms with Crippen molar-refractivity contribution in [1.29, 1.82) is 0 Å². The molecule has 1 unspecified atom stereocenters. The lowest BCUT2D eigenvalue weighted by Crippen LogP contribution is -2.31. The van der Waals surface area contributed by atoms with Crippen LogP contribution in [0.25, 0.3) is 5.57 Å². The molecule has 1 aliphatic rings. The molecule has 0 spiro atoms. The van der Waals surface area contributed by atoms with Gasteiger partial charge in [0.1, 0.15) is 5.82 Å². The molecule has 7 heteroatoms. The Morgan fingerprint density at radius 2 is 1.90 bits per heavy atom. The number of benzene rings is 1. The molecule has 0 fully saturated rings. The number of aliphatic hydroxyl groups excluding tert-OH is 1. The third-order valence-electron chi connectivity index (χ3n) is 5.88. The van der Waals surface area contributed by atoms with Crippen LogP contribution in [0.5, 0.6) is 0 Å². The number of aryl methyl sites for hydroxylation is 1. The van der Waals surface area contributed by atoms with Crippen LogP contribution in [0.1, 0.15) is 64.5 Å². The van der Waals surface area contributed by atoms with Crippen LogP contribution in [0.15, 0.2) is 23.8 Å². The monoisotopic (exact) mass is 440 g/mol. The molecule has 0 amide bonds. The fourth-order valence-electron chi connectivity index (χ4n) is 4.93. The summed E-state index contributed by atoms with van der Waals surface area (Å²) in [6.07, 6.45) is -0.263. The SMILES string of the molecule is Cc1cc(C2=C(CCP(=O)(O)C[C@@H](O)CC(=O)O)C(C)(C)CC(C)(C)C2)ccc1F. The molecular weight excluding hydrogens is 406 g/mol. The lowest BCUT2D eigenvalue weighted by molar-refractivity contribution is -0.138. The van der Waals surface area contributed by atoms with Gasteiger partial charge < -0.3 is 15.1 Å². The summed E-state index contributed by atoms with van der Waals surface area (Å²) in [5.41, 5.74) is 3.48. The Bertz CT molecular complexity index is 888. The van der Waals surface area contributed by atoms with Gasteiger partial charge >= 0.3 is 5.97 Å². The molecule has 2 atom stereocenters. The topological polar surface area (TPSA) is 94.8 Å². The smallest absolute Gasteiger partial charge is 0.305 e. The van der Waals surface area contributed by atoms with Gasteiger partial charge in [-0.2, -0.15) is 0 Å². The summed E-state index contributed by atoms with van der Waals surface area (Å²) in [4.78, 5) is 21.1. The molecule has 1 aromatic carbocycles. The highest BCUT2D eigenvalue weighted by Gasteiger charge is 2.40. The minimum Gasteiger partial charge on any atom is -0.481 e. The summed E-state index contributed by atoms with van der Waals surface area (Å²) in [5.74, 6) is -1.46. The van der Waals surface area contributed by atoms with E-state index in [1.807, 2.05) is 6.07 Å². The number of carboxylic acids is 1. The fraction of sp³-hybridized carbons (Fsp3) is 0.609. The quantitative estimate of drug-likeness (QED) is 0.481. The fourth-order valence-corrected chi connectivity index (χ4v) is 6.47. The summed E-state index contributed by atoms with van der Waals surface area (Å²) < 4.78 is 26.5. The van der Waals surface area contributed by atoms with E-state index in [9.17, 15) is 23.7 Å². The van der Waals surface area contributed by atoms with Crippen molar-refractivity contribution < 1.29 is 28.9 Å². The zero-order chi connectivity index (χ0) is 22.9. The largest absolute Gasteiger partial charge is 0.481 e. The van der Waals surface area contributed by atoms with Gasteiger partial charge in [-0.25, -0.2) is 4.39 Å². The Balaban J connectivity index is 2.37. The molecule has 0 aromatic heterocycles. The van der Waals surface area contributed by atoms with Gasteiger partial charge in [0.05, 0.1) is 18.7 Å².